The third-order valence-electron chi connectivity index (χ3n) is 5.05. The van der Waals surface area contributed by atoms with E-state index in [1.165, 1.54) is 0 Å². The molecule has 2 heterocycles. The number of carbonyl (C=O) groups excluding carboxylic acids is 1. The van der Waals surface area contributed by atoms with Crippen LogP contribution in [0.4, 0.5) is 0 Å². The Labute approximate surface area is 130 Å². The molecule has 5 nitrogen and oxygen atoms in total. The highest BCUT2D eigenvalue weighted by Crippen LogP contribution is 2.36. The summed E-state index contributed by atoms with van der Waals surface area (Å²) in [6.07, 6.45) is 1.66. The number of hydrogen-bond donors (Lipinski definition) is 2. The van der Waals surface area contributed by atoms with Crippen molar-refractivity contribution in [2.24, 2.45) is 0 Å². The maximum atomic E-state index is 12.4. The van der Waals surface area contributed by atoms with Gasteiger partial charge in [0.2, 0.25) is 0 Å². The predicted octanol–water partition coefficient (Wildman–Crippen LogP) is 0.902. The fourth-order valence-electron chi connectivity index (χ4n) is 3.74. The molecule has 1 aromatic carbocycles. The molecule has 2 aliphatic rings. The van der Waals surface area contributed by atoms with E-state index in [2.05, 4.69) is 4.90 Å². The van der Waals surface area contributed by atoms with Crippen molar-refractivity contribution in [3.63, 3.8) is 0 Å². The van der Waals surface area contributed by atoms with Gasteiger partial charge in [-0.3, -0.25) is 9.69 Å². The zero-order valence-corrected chi connectivity index (χ0v) is 12.8. The number of fused-ring (bicyclic) bond motifs is 2. The van der Waals surface area contributed by atoms with Crippen molar-refractivity contribution in [3.05, 3.63) is 35.9 Å². The van der Waals surface area contributed by atoms with Crippen LogP contribution >= 0.6 is 0 Å². The highest BCUT2D eigenvalue weighted by molar-refractivity contribution is 5.78. The Kier molecular flexibility index (Phi) is 4.47. The number of carbonyl (C=O) groups is 1. The molecule has 5 heteroatoms. The number of ether oxygens (including phenoxy) is 1. The Bertz CT molecular complexity index is 521. The van der Waals surface area contributed by atoms with Crippen molar-refractivity contribution < 1.29 is 19.7 Å². The van der Waals surface area contributed by atoms with Gasteiger partial charge in [0.25, 0.3) is 0 Å². The number of piperidine rings is 1. The van der Waals surface area contributed by atoms with Crippen LogP contribution < -0.4 is 0 Å². The van der Waals surface area contributed by atoms with Gasteiger partial charge in [0.15, 0.2) is 0 Å². The predicted molar refractivity (Wildman–Crippen MR) is 81.3 cm³/mol. The first-order valence-corrected chi connectivity index (χ1v) is 7.86. The van der Waals surface area contributed by atoms with Gasteiger partial charge in [0, 0.05) is 24.9 Å². The normalized spacial score (nSPS) is 32.7. The van der Waals surface area contributed by atoms with Gasteiger partial charge in [-0.1, -0.05) is 30.3 Å². The summed E-state index contributed by atoms with van der Waals surface area (Å²) in [5.74, 6) is -1.01. The monoisotopic (exact) mass is 305 g/mol. The molecule has 1 aromatic rings. The molecule has 2 aliphatic heterocycles. The summed E-state index contributed by atoms with van der Waals surface area (Å²) < 4.78 is 5.64. The second-order valence-corrected chi connectivity index (χ2v) is 6.37. The van der Waals surface area contributed by atoms with Crippen LogP contribution in [0.3, 0.4) is 0 Å². The molecule has 0 saturated carbocycles. The van der Waals surface area contributed by atoms with Gasteiger partial charge in [-0.05, 0) is 19.0 Å². The summed E-state index contributed by atoms with van der Waals surface area (Å²) in [6, 6.07) is 9.56. The average Bonchev–Trinajstić information content (AvgIpc) is 2.68. The van der Waals surface area contributed by atoms with Gasteiger partial charge in [0.1, 0.15) is 12.0 Å². The molecule has 2 fully saturated rings. The Hall–Kier alpha value is -1.43. The maximum absolute atomic E-state index is 12.4. The number of likely N-dealkylation sites (N-methyl/N-ethyl adjacent to an activating group) is 1. The molecule has 2 saturated heterocycles. The quantitative estimate of drug-likeness (QED) is 0.809. The van der Waals surface area contributed by atoms with E-state index in [0.717, 1.165) is 18.4 Å². The number of nitrogens with zero attached hydrogens (tertiary/aromatic N) is 1. The molecule has 0 spiro atoms. The lowest BCUT2D eigenvalue weighted by molar-refractivity contribution is -0.155. The Morgan fingerprint density at radius 3 is 2.68 bits per heavy atom. The first kappa shape index (κ1) is 15.5. The van der Waals surface area contributed by atoms with Crippen LogP contribution in [0.25, 0.3) is 0 Å². The van der Waals surface area contributed by atoms with E-state index in [9.17, 15) is 15.0 Å². The maximum Gasteiger partial charge on any atom is 0.316 e. The molecule has 2 N–H and O–H groups in total. The van der Waals surface area contributed by atoms with Crippen molar-refractivity contribution in [3.8, 4) is 0 Å². The average molecular weight is 305 g/mol. The lowest BCUT2D eigenvalue weighted by Gasteiger charge is -2.36. The summed E-state index contributed by atoms with van der Waals surface area (Å²) in [5, 5.41) is 19.6. The van der Waals surface area contributed by atoms with Crippen molar-refractivity contribution in [1.82, 2.24) is 4.90 Å². The summed E-state index contributed by atoms with van der Waals surface area (Å²) in [5.41, 5.74) is 0.769. The van der Waals surface area contributed by atoms with Crippen molar-refractivity contribution in [2.45, 2.75) is 49.5 Å². The number of benzene rings is 1. The molecule has 0 aromatic heterocycles. The van der Waals surface area contributed by atoms with E-state index in [1.807, 2.05) is 37.4 Å². The van der Waals surface area contributed by atoms with Crippen LogP contribution in [0.2, 0.25) is 0 Å². The van der Waals surface area contributed by atoms with Gasteiger partial charge in [-0.15, -0.1) is 0 Å². The van der Waals surface area contributed by atoms with Crippen LogP contribution in [0, 0.1) is 0 Å². The third kappa shape index (κ3) is 2.89. The topological polar surface area (TPSA) is 70.0 Å². The minimum Gasteiger partial charge on any atom is -0.462 e. The zero-order chi connectivity index (χ0) is 15.7. The molecule has 0 amide bonds. The molecule has 5 atom stereocenters. The minimum absolute atomic E-state index is 0.0702. The fraction of sp³-hybridized carbons (Fsp3) is 0.588. The smallest absolute Gasteiger partial charge is 0.316 e. The Morgan fingerprint density at radius 2 is 2.05 bits per heavy atom. The molecule has 0 aliphatic carbocycles. The number of hydrogen-bond acceptors (Lipinski definition) is 5. The van der Waals surface area contributed by atoms with E-state index in [0.29, 0.717) is 6.42 Å². The van der Waals surface area contributed by atoms with Gasteiger partial charge in [0.05, 0.1) is 12.7 Å². The minimum atomic E-state index is -0.636. The second kappa shape index (κ2) is 6.36. The van der Waals surface area contributed by atoms with E-state index < -0.39 is 5.92 Å². The molecular formula is C17H23NO4. The zero-order valence-electron chi connectivity index (χ0n) is 12.8. The van der Waals surface area contributed by atoms with E-state index in [-0.39, 0.29) is 36.9 Å². The van der Waals surface area contributed by atoms with Gasteiger partial charge < -0.3 is 14.9 Å². The largest absolute Gasteiger partial charge is 0.462 e. The number of rotatable bonds is 4. The molecule has 3 rings (SSSR count). The highest BCUT2D eigenvalue weighted by atomic mass is 16.5. The number of esters is 1. The molecule has 2 bridgehead atoms. The van der Waals surface area contributed by atoms with Crippen LogP contribution in [0.1, 0.15) is 30.7 Å². The van der Waals surface area contributed by atoms with Gasteiger partial charge in [-0.25, -0.2) is 0 Å². The molecule has 120 valence electrons. The van der Waals surface area contributed by atoms with E-state index in [4.69, 9.17) is 4.74 Å². The van der Waals surface area contributed by atoms with Crippen molar-refractivity contribution in [1.29, 1.82) is 0 Å². The van der Waals surface area contributed by atoms with Crippen LogP contribution in [-0.2, 0) is 9.53 Å². The van der Waals surface area contributed by atoms with Crippen molar-refractivity contribution >= 4 is 5.97 Å². The summed E-state index contributed by atoms with van der Waals surface area (Å²) >= 11 is 0. The molecule has 0 unspecified atom stereocenters. The summed E-state index contributed by atoms with van der Waals surface area (Å²) in [6.45, 7) is -0.259. The fourth-order valence-corrected chi connectivity index (χ4v) is 3.74. The Morgan fingerprint density at radius 1 is 1.32 bits per heavy atom. The van der Waals surface area contributed by atoms with Gasteiger partial charge >= 0.3 is 5.97 Å². The van der Waals surface area contributed by atoms with E-state index >= 15 is 0 Å². The highest BCUT2D eigenvalue weighted by Gasteiger charge is 2.45. The van der Waals surface area contributed by atoms with Crippen LogP contribution in [-0.4, -0.2) is 59.0 Å². The lowest BCUT2D eigenvalue weighted by atomic mass is 9.98. The third-order valence-corrected chi connectivity index (χ3v) is 5.05. The number of aliphatic hydroxyl groups is 2. The first-order chi connectivity index (χ1) is 10.6. The SMILES string of the molecule is CN1[C@H]2C[C@H](OC(=O)[C@H](CO)c3ccccc3)C[C@@H]1[C@@H](O)C2. The van der Waals surface area contributed by atoms with Crippen LogP contribution in [0.15, 0.2) is 30.3 Å². The van der Waals surface area contributed by atoms with Crippen LogP contribution in [0.5, 0.6) is 0 Å². The molecule has 22 heavy (non-hydrogen) atoms. The lowest BCUT2D eigenvalue weighted by Crippen LogP contribution is -2.45. The van der Waals surface area contributed by atoms with Crippen molar-refractivity contribution in [2.75, 3.05) is 13.7 Å². The molecular weight excluding hydrogens is 282 g/mol. The molecule has 0 radical (unpaired) electrons. The van der Waals surface area contributed by atoms with Gasteiger partial charge in [-0.2, -0.15) is 0 Å². The summed E-state index contributed by atoms with van der Waals surface area (Å²) in [7, 11) is 2.02. The second-order valence-electron chi connectivity index (χ2n) is 6.37. The number of aliphatic hydroxyl groups excluding tert-OH is 2. The van der Waals surface area contributed by atoms with E-state index in [1.54, 1.807) is 0 Å². The summed E-state index contributed by atoms with van der Waals surface area (Å²) in [4.78, 5) is 14.6. The Balaban J connectivity index is 1.65. The first-order valence-electron chi connectivity index (χ1n) is 7.86. The standard InChI is InChI=1S/C17H23NO4/c1-18-12-7-13(9-15(18)16(20)8-12)22-17(21)14(10-19)11-5-3-2-4-6-11/h2-6,12-16,19-20H,7-10H2,1H3/t12-,13-,14+,15+,16-/m0/s1.